The Labute approximate surface area is 93.6 Å². The molecule has 1 rings (SSSR count). The fourth-order valence-corrected chi connectivity index (χ4v) is 1.76. The molecular formula is C11H17NO2S. The van der Waals surface area contributed by atoms with E-state index in [0.717, 1.165) is 5.56 Å². The highest BCUT2D eigenvalue weighted by atomic mass is 32.2. The molecule has 15 heavy (non-hydrogen) atoms. The Balaban J connectivity index is 2.41. The van der Waals surface area contributed by atoms with Crippen molar-refractivity contribution in [3.63, 3.8) is 0 Å². The van der Waals surface area contributed by atoms with Gasteiger partial charge in [-0.25, -0.2) is 4.72 Å². The Morgan fingerprint density at radius 1 is 1.33 bits per heavy atom. The largest absolute Gasteiger partial charge is 0.389 e. The van der Waals surface area contributed by atoms with Gasteiger partial charge in [0.15, 0.2) is 0 Å². The summed E-state index contributed by atoms with van der Waals surface area (Å²) in [5.74, 6) is 1.07. The summed E-state index contributed by atoms with van der Waals surface area (Å²) in [7, 11) is 0. The first-order valence-corrected chi connectivity index (χ1v) is 6.05. The second-order valence-electron chi connectivity index (χ2n) is 3.87. The summed E-state index contributed by atoms with van der Waals surface area (Å²) >= 11 is -1.45. The van der Waals surface area contributed by atoms with Crippen molar-refractivity contribution in [1.29, 1.82) is 0 Å². The lowest BCUT2D eigenvalue weighted by Crippen LogP contribution is -2.25. The number of hydrogen-bond acceptors (Lipinski definition) is 2. The van der Waals surface area contributed by atoms with Gasteiger partial charge in [0.2, 0.25) is 0 Å². The van der Waals surface area contributed by atoms with Gasteiger partial charge in [0.05, 0.1) is 0 Å². The van der Waals surface area contributed by atoms with Gasteiger partial charge in [0.25, 0.3) is 11.3 Å². The highest BCUT2D eigenvalue weighted by molar-refractivity contribution is 7.78. The Kier molecular flexibility index (Phi) is 4.78. The second kappa shape index (κ2) is 5.88. The van der Waals surface area contributed by atoms with Crippen LogP contribution in [0.1, 0.15) is 19.4 Å². The molecule has 3 nitrogen and oxygen atoms in total. The number of benzene rings is 1. The summed E-state index contributed by atoms with van der Waals surface area (Å²) in [6.45, 7) is 6.78. The van der Waals surface area contributed by atoms with E-state index in [2.05, 4.69) is 18.6 Å². The van der Waals surface area contributed by atoms with E-state index in [4.69, 9.17) is 4.18 Å². The zero-order valence-corrected chi connectivity index (χ0v) is 10.1. The van der Waals surface area contributed by atoms with Crippen molar-refractivity contribution < 1.29 is 8.39 Å². The monoisotopic (exact) mass is 227 g/mol. The van der Waals surface area contributed by atoms with Crippen LogP contribution in [-0.4, -0.2) is 10.8 Å². The summed E-state index contributed by atoms with van der Waals surface area (Å²) in [4.78, 5) is 0. The quantitative estimate of drug-likeness (QED) is 0.837. The molecule has 1 N–H and O–H groups in total. The van der Waals surface area contributed by atoms with E-state index in [9.17, 15) is 4.21 Å². The molecule has 1 aromatic rings. The Hall–Kier alpha value is -0.870. The first-order chi connectivity index (χ1) is 7.08. The van der Waals surface area contributed by atoms with Crippen LogP contribution in [-0.2, 0) is 11.3 Å². The maximum atomic E-state index is 11.4. The summed E-state index contributed by atoms with van der Waals surface area (Å²) in [6, 6.07) is 7.47. The number of hydrogen-bond donors (Lipinski definition) is 1. The number of rotatable bonds is 5. The minimum absolute atomic E-state index is 0.454. The van der Waals surface area contributed by atoms with Crippen LogP contribution in [0.25, 0.3) is 0 Å². The molecule has 1 aromatic carbocycles. The van der Waals surface area contributed by atoms with Crippen LogP contribution in [0, 0.1) is 12.8 Å². The average Bonchev–Trinajstić information content (AvgIpc) is 2.19. The van der Waals surface area contributed by atoms with Gasteiger partial charge in [-0.3, -0.25) is 0 Å². The first-order valence-electron chi connectivity index (χ1n) is 4.98. The molecule has 0 spiro atoms. The van der Waals surface area contributed by atoms with E-state index < -0.39 is 11.3 Å². The third-order valence-corrected chi connectivity index (χ3v) is 2.55. The van der Waals surface area contributed by atoms with E-state index in [1.807, 2.05) is 31.2 Å². The fourth-order valence-electron chi connectivity index (χ4n) is 0.945. The maximum Gasteiger partial charge on any atom is 0.288 e. The smallest absolute Gasteiger partial charge is 0.288 e. The predicted octanol–water partition coefficient (Wildman–Crippen LogP) is 2.20. The Bertz CT molecular complexity index is 322. The van der Waals surface area contributed by atoms with Gasteiger partial charge >= 0.3 is 0 Å². The van der Waals surface area contributed by atoms with Crippen molar-refractivity contribution in [3.05, 3.63) is 29.8 Å². The van der Waals surface area contributed by atoms with Crippen LogP contribution in [0.3, 0.4) is 0 Å². The molecule has 4 heteroatoms. The van der Waals surface area contributed by atoms with Gasteiger partial charge in [-0.1, -0.05) is 31.5 Å². The second-order valence-corrected chi connectivity index (χ2v) is 4.80. The van der Waals surface area contributed by atoms with Crippen LogP contribution >= 0.6 is 0 Å². The molecule has 0 aromatic heterocycles. The molecular weight excluding hydrogens is 210 g/mol. The van der Waals surface area contributed by atoms with Crippen LogP contribution in [0.5, 0.6) is 5.75 Å². The molecule has 0 radical (unpaired) electrons. The van der Waals surface area contributed by atoms with E-state index in [0.29, 0.717) is 18.2 Å². The molecule has 84 valence electrons. The summed E-state index contributed by atoms with van der Waals surface area (Å²) < 4.78 is 19.4. The van der Waals surface area contributed by atoms with Crippen LogP contribution in [0.2, 0.25) is 0 Å². The summed E-state index contributed by atoms with van der Waals surface area (Å²) in [5, 5.41) is 0. The highest BCUT2D eigenvalue weighted by Gasteiger charge is 2.02. The molecule has 0 saturated heterocycles. The van der Waals surface area contributed by atoms with E-state index in [1.54, 1.807) is 0 Å². The number of aryl methyl sites for hydroxylation is 1. The molecule has 0 bridgehead atoms. The van der Waals surface area contributed by atoms with E-state index in [-0.39, 0.29) is 0 Å². The number of nitrogens with one attached hydrogen (secondary N) is 1. The van der Waals surface area contributed by atoms with Gasteiger partial charge in [-0.2, -0.15) is 4.21 Å². The van der Waals surface area contributed by atoms with Crippen LogP contribution < -0.4 is 8.91 Å². The third kappa shape index (κ3) is 4.95. The third-order valence-electron chi connectivity index (χ3n) is 1.80. The van der Waals surface area contributed by atoms with E-state index in [1.165, 1.54) is 0 Å². The Morgan fingerprint density at radius 2 is 1.93 bits per heavy atom. The maximum absolute atomic E-state index is 11.4. The molecule has 0 aliphatic heterocycles. The first kappa shape index (κ1) is 12.2. The average molecular weight is 227 g/mol. The summed E-state index contributed by atoms with van der Waals surface area (Å²) in [5.41, 5.74) is 1.16. The molecule has 0 fully saturated rings. The van der Waals surface area contributed by atoms with Gasteiger partial charge in [0, 0.05) is 6.54 Å². The van der Waals surface area contributed by atoms with Crippen molar-refractivity contribution >= 4 is 11.3 Å². The van der Waals surface area contributed by atoms with Crippen molar-refractivity contribution in [2.75, 3.05) is 6.54 Å². The molecule has 0 heterocycles. The molecule has 1 atom stereocenters. The predicted molar refractivity (Wildman–Crippen MR) is 62.8 cm³/mol. The molecule has 0 saturated carbocycles. The van der Waals surface area contributed by atoms with E-state index >= 15 is 0 Å². The summed E-state index contributed by atoms with van der Waals surface area (Å²) in [6.07, 6.45) is 0. The van der Waals surface area contributed by atoms with Crippen molar-refractivity contribution in [3.8, 4) is 5.75 Å². The van der Waals surface area contributed by atoms with Gasteiger partial charge in [-0.05, 0) is 25.0 Å². The van der Waals surface area contributed by atoms with Crippen LogP contribution in [0.4, 0.5) is 0 Å². The normalized spacial score (nSPS) is 12.8. The Morgan fingerprint density at radius 3 is 2.47 bits per heavy atom. The highest BCUT2D eigenvalue weighted by Crippen LogP contribution is 2.11. The molecule has 0 amide bonds. The molecule has 0 aliphatic rings. The van der Waals surface area contributed by atoms with Gasteiger partial charge in [-0.15, -0.1) is 0 Å². The zero-order valence-electron chi connectivity index (χ0n) is 9.32. The standard InChI is InChI=1S/C11H17NO2S/c1-9(2)8-12-15(13)14-11-6-4-10(3)5-7-11/h4-7,9,12H,8H2,1-3H3. The SMILES string of the molecule is Cc1ccc(OS(=O)NCC(C)C)cc1. The zero-order chi connectivity index (χ0) is 11.3. The lowest BCUT2D eigenvalue weighted by atomic mass is 10.2. The fraction of sp³-hybridized carbons (Fsp3) is 0.455. The lowest BCUT2D eigenvalue weighted by molar-refractivity contribution is 0.533. The molecule has 0 aliphatic carbocycles. The van der Waals surface area contributed by atoms with Crippen molar-refractivity contribution in [1.82, 2.24) is 4.72 Å². The minimum Gasteiger partial charge on any atom is -0.389 e. The lowest BCUT2D eigenvalue weighted by Gasteiger charge is -2.07. The van der Waals surface area contributed by atoms with Gasteiger partial charge < -0.3 is 4.18 Å². The van der Waals surface area contributed by atoms with Crippen molar-refractivity contribution in [2.24, 2.45) is 5.92 Å². The van der Waals surface area contributed by atoms with Gasteiger partial charge in [0.1, 0.15) is 5.75 Å². The molecule has 1 unspecified atom stereocenters. The minimum atomic E-state index is -1.45. The van der Waals surface area contributed by atoms with Crippen LogP contribution in [0.15, 0.2) is 24.3 Å². The topological polar surface area (TPSA) is 38.3 Å². The van der Waals surface area contributed by atoms with Crippen molar-refractivity contribution in [2.45, 2.75) is 20.8 Å².